The zero-order valence-corrected chi connectivity index (χ0v) is 27.1. The number of rotatable bonds is 17. The second kappa shape index (κ2) is 16.2. The summed E-state index contributed by atoms with van der Waals surface area (Å²) in [6.07, 6.45) is 13.6. The quantitative estimate of drug-likeness (QED) is 0.163. The number of hydrogen-bond donors (Lipinski definition) is 0. The van der Waals surface area contributed by atoms with Gasteiger partial charge in [0.2, 0.25) is 9.84 Å². The molecule has 244 valence electrons. The van der Waals surface area contributed by atoms with E-state index in [9.17, 15) is 13.2 Å². The van der Waals surface area contributed by atoms with Crippen LogP contribution in [-0.2, 0) is 19.4 Å². The third-order valence-corrected chi connectivity index (χ3v) is 11.4. The number of hydrogen-bond acceptors (Lipinski definition) is 10. The average Bonchev–Trinajstić information content (AvgIpc) is 3.52. The number of likely N-dealkylation sites (tertiary alicyclic amines) is 1. The molecule has 0 radical (unpaired) electrons. The molecule has 0 spiro atoms. The first-order valence-corrected chi connectivity index (χ1v) is 18.4. The van der Waals surface area contributed by atoms with E-state index in [0.29, 0.717) is 32.1 Å². The highest BCUT2D eigenvalue weighted by molar-refractivity contribution is 7.91. The van der Waals surface area contributed by atoms with Crippen LogP contribution >= 0.6 is 0 Å². The van der Waals surface area contributed by atoms with Crippen molar-refractivity contribution in [2.45, 2.75) is 112 Å². The summed E-state index contributed by atoms with van der Waals surface area (Å²) < 4.78 is 41.3. The molecule has 3 fully saturated rings. The van der Waals surface area contributed by atoms with Crippen LogP contribution in [0.3, 0.4) is 0 Å². The number of esters is 1. The molecule has 44 heavy (non-hydrogen) atoms. The van der Waals surface area contributed by atoms with Crippen molar-refractivity contribution in [3.63, 3.8) is 0 Å². The van der Waals surface area contributed by atoms with Gasteiger partial charge in [-0.3, -0.25) is 14.6 Å². The number of ether oxygens (including phenoxy) is 2. The van der Waals surface area contributed by atoms with E-state index in [2.05, 4.69) is 31.7 Å². The minimum atomic E-state index is -3.86. The first kappa shape index (κ1) is 32.9. The number of unbranched alkanes of at least 4 members (excludes halogenated alkanes) is 4. The van der Waals surface area contributed by atoms with Gasteiger partial charge in [-0.2, -0.15) is 0 Å². The minimum Gasteiger partial charge on any atom is -0.473 e. The Bertz CT molecular complexity index is 1270. The number of nitrogens with zero attached hydrogens (tertiary/aromatic N) is 4. The molecule has 4 heterocycles. The number of piperidine rings is 3. The van der Waals surface area contributed by atoms with Crippen LogP contribution in [-0.4, -0.2) is 86.0 Å². The molecule has 10 nitrogen and oxygen atoms in total. The summed E-state index contributed by atoms with van der Waals surface area (Å²) in [5.74, 6) is 1.37. The lowest BCUT2D eigenvalue weighted by atomic mass is 9.69. The molecule has 0 saturated carbocycles. The summed E-state index contributed by atoms with van der Waals surface area (Å²) >= 11 is 0. The fourth-order valence-corrected chi connectivity index (χ4v) is 8.87. The van der Waals surface area contributed by atoms with Crippen molar-refractivity contribution in [2.24, 2.45) is 11.8 Å². The van der Waals surface area contributed by atoms with Gasteiger partial charge in [0.15, 0.2) is 0 Å². The zero-order chi connectivity index (χ0) is 30.8. The molecule has 1 aromatic heterocycles. The second-order valence-electron chi connectivity index (χ2n) is 12.7. The van der Waals surface area contributed by atoms with Gasteiger partial charge in [-0.05, 0) is 125 Å². The van der Waals surface area contributed by atoms with Crippen LogP contribution in [0.25, 0.3) is 0 Å². The number of sulfone groups is 1. The molecule has 11 heteroatoms. The van der Waals surface area contributed by atoms with E-state index in [1.807, 2.05) is 0 Å². The summed E-state index contributed by atoms with van der Waals surface area (Å²) in [4.78, 5) is 18.2. The highest BCUT2D eigenvalue weighted by Gasteiger charge is 2.48. The highest BCUT2D eigenvalue weighted by Crippen LogP contribution is 2.43. The smallest absolute Gasteiger partial charge is 0.305 e. The van der Waals surface area contributed by atoms with E-state index in [-0.39, 0.29) is 21.8 Å². The lowest BCUT2D eigenvalue weighted by Crippen LogP contribution is -2.64. The predicted molar refractivity (Wildman–Crippen MR) is 166 cm³/mol. The molecule has 3 aliphatic rings. The van der Waals surface area contributed by atoms with Crippen LogP contribution in [0.2, 0.25) is 0 Å². The second-order valence-corrected chi connectivity index (χ2v) is 14.6. The van der Waals surface area contributed by atoms with Gasteiger partial charge in [0.1, 0.15) is 0 Å². The van der Waals surface area contributed by atoms with Crippen molar-refractivity contribution in [3.05, 3.63) is 30.3 Å². The van der Waals surface area contributed by atoms with Crippen molar-refractivity contribution in [2.75, 3.05) is 39.4 Å². The lowest BCUT2D eigenvalue weighted by molar-refractivity contribution is -0.144. The van der Waals surface area contributed by atoms with Gasteiger partial charge in [0, 0.05) is 25.0 Å². The predicted octanol–water partition coefficient (Wildman–Crippen LogP) is 5.53. The normalized spacial score (nSPS) is 24.1. The first-order valence-electron chi connectivity index (χ1n) is 16.9. The van der Waals surface area contributed by atoms with Crippen LogP contribution in [0.5, 0.6) is 5.88 Å². The summed E-state index contributed by atoms with van der Waals surface area (Å²) in [5.41, 5.74) is 0. The van der Waals surface area contributed by atoms with E-state index in [1.54, 1.807) is 18.2 Å². The van der Waals surface area contributed by atoms with Crippen molar-refractivity contribution < 1.29 is 27.3 Å². The maximum atomic E-state index is 12.8. The molecule has 2 aromatic rings. The van der Waals surface area contributed by atoms with Crippen LogP contribution in [0.1, 0.15) is 90.4 Å². The average molecular weight is 631 g/mol. The van der Waals surface area contributed by atoms with Crippen LogP contribution in [0, 0.1) is 11.8 Å². The molecule has 0 amide bonds. The summed E-state index contributed by atoms with van der Waals surface area (Å²) in [5, 5.41) is 6.88. The molecule has 0 aliphatic carbocycles. The van der Waals surface area contributed by atoms with Gasteiger partial charge in [-0.1, -0.05) is 31.5 Å². The van der Waals surface area contributed by atoms with Crippen LogP contribution < -0.4 is 4.74 Å². The molecule has 3 aliphatic heterocycles. The van der Waals surface area contributed by atoms with Gasteiger partial charge >= 0.3 is 5.97 Å². The van der Waals surface area contributed by atoms with E-state index < -0.39 is 9.84 Å². The van der Waals surface area contributed by atoms with E-state index in [4.69, 9.17) is 9.47 Å². The van der Waals surface area contributed by atoms with Crippen molar-refractivity contribution in [3.8, 4) is 5.88 Å². The fourth-order valence-electron chi connectivity index (χ4n) is 7.67. The standard InChI is InChI=1S/C33H50N4O6S/c1-2-3-20-37-25-26-14-12-21-36-22-13-17-28(31(26)36)29(37)18-11-19-30(38)41-23-9-4-5-10-24-42-32-33(35-43-34-32)44(39,40)27-15-7-6-8-16-27/h6-8,15-16,26,28-29,31H,2-5,9-14,17-25H2,1H3/t26-,28+,29?,31-/m1/s1. The van der Waals surface area contributed by atoms with Gasteiger partial charge in [0.05, 0.1) is 18.1 Å². The number of carbonyl (C=O) groups excluding carboxylic acids is 1. The third kappa shape index (κ3) is 8.20. The molecular formula is C33H50N4O6S. The zero-order valence-electron chi connectivity index (χ0n) is 26.3. The Kier molecular flexibility index (Phi) is 12.1. The minimum absolute atomic E-state index is 0.0873. The monoisotopic (exact) mass is 630 g/mol. The molecule has 5 rings (SSSR count). The molecule has 0 bridgehead atoms. The third-order valence-electron chi connectivity index (χ3n) is 9.74. The molecular weight excluding hydrogens is 580 g/mol. The molecule has 3 saturated heterocycles. The summed E-state index contributed by atoms with van der Waals surface area (Å²) in [6.45, 7) is 7.99. The van der Waals surface area contributed by atoms with Gasteiger partial charge in [0.25, 0.3) is 10.9 Å². The Labute approximate surface area is 262 Å². The van der Waals surface area contributed by atoms with Crippen molar-refractivity contribution in [1.29, 1.82) is 0 Å². The van der Waals surface area contributed by atoms with E-state index in [1.165, 1.54) is 76.8 Å². The summed E-state index contributed by atoms with van der Waals surface area (Å²) in [6, 6.07) is 9.37. The molecule has 1 aromatic carbocycles. The summed E-state index contributed by atoms with van der Waals surface area (Å²) in [7, 11) is -3.86. The Balaban J connectivity index is 0.964. The van der Waals surface area contributed by atoms with Crippen molar-refractivity contribution >= 4 is 15.8 Å². The lowest BCUT2D eigenvalue weighted by Gasteiger charge is -2.57. The molecule has 1 unspecified atom stereocenters. The highest BCUT2D eigenvalue weighted by atomic mass is 32.2. The SMILES string of the molecule is CCCCN1C[C@H]2CCCN3CCC[C@@H](C1CCCC(=O)OCCCCCCOc1nonc1S(=O)(=O)c1ccccc1)[C@@H]23. The van der Waals surface area contributed by atoms with Crippen LogP contribution in [0.4, 0.5) is 0 Å². The topological polar surface area (TPSA) is 115 Å². The fraction of sp³-hybridized carbons (Fsp3) is 0.727. The number of benzene rings is 1. The Morgan fingerprint density at radius 2 is 1.75 bits per heavy atom. The van der Waals surface area contributed by atoms with Gasteiger partial charge in [-0.15, -0.1) is 0 Å². The first-order chi connectivity index (χ1) is 21.5. The Hall–Kier alpha value is -2.50. The molecule has 4 atom stereocenters. The van der Waals surface area contributed by atoms with Crippen molar-refractivity contribution in [1.82, 2.24) is 20.1 Å². The number of aromatic nitrogens is 2. The molecule has 0 N–H and O–H groups in total. The number of carbonyl (C=O) groups is 1. The maximum absolute atomic E-state index is 12.8. The van der Waals surface area contributed by atoms with E-state index >= 15 is 0 Å². The Morgan fingerprint density at radius 1 is 0.977 bits per heavy atom. The van der Waals surface area contributed by atoms with Gasteiger partial charge < -0.3 is 9.47 Å². The van der Waals surface area contributed by atoms with Crippen LogP contribution in [0.15, 0.2) is 44.9 Å². The largest absolute Gasteiger partial charge is 0.473 e. The Morgan fingerprint density at radius 3 is 2.55 bits per heavy atom. The van der Waals surface area contributed by atoms with Gasteiger partial charge in [-0.25, -0.2) is 13.0 Å². The van der Waals surface area contributed by atoms with E-state index in [0.717, 1.165) is 50.0 Å². The maximum Gasteiger partial charge on any atom is 0.305 e.